The van der Waals surface area contributed by atoms with E-state index in [1.54, 1.807) is 7.11 Å². The van der Waals surface area contributed by atoms with Gasteiger partial charge in [0.2, 0.25) is 0 Å². The number of carbonyl (C=O) groups is 2. The van der Waals surface area contributed by atoms with Gasteiger partial charge in [0.15, 0.2) is 0 Å². The Kier molecular flexibility index (Phi) is 9.39. The average Bonchev–Trinajstić information content (AvgIpc) is 2.22. The van der Waals surface area contributed by atoms with Crippen molar-refractivity contribution < 1.29 is 19.4 Å². The summed E-state index contributed by atoms with van der Waals surface area (Å²) < 4.78 is 4.89. The zero-order valence-corrected chi connectivity index (χ0v) is 9.62. The second-order valence-electron chi connectivity index (χ2n) is 3.38. The van der Waals surface area contributed by atoms with Crippen LogP contribution in [-0.2, 0) is 9.53 Å². The molecule has 0 atom stereocenters. The Morgan fingerprint density at radius 3 is 2.44 bits per heavy atom. The molecule has 0 heterocycles. The Labute approximate surface area is 95.4 Å². The summed E-state index contributed by atoms with van der Waals surface area (Å²) >= 11 is 0. The lowest BCUT2D eigenvalue weighted by atomic mass is 10.2. The quantitative estimate of drug-likeness (QED) is 0.507. The maximum atomic E-state index is 11.1. The van der Waals surface area contributed by atoms with E-state index in [4.69, 9.17) is 9.84 Å². The van der Waals surface area contributed by atoms with E-state index in [1.165, 1.54) is 0 Å². The van der Waals surface area contributed by atoms with Crippen LogP contribution < -0.4 is 10.6 Å². The van der Waals surface area contributed by atoms with Gasteiger partial charge in [-0.2, -0.15) is 0 Å². The van der Waals surface area contributed by atoms with Crippen LogP contribution in [0.25, 0.3) is 0 Å². The van der Waals surface area contributed by atoms with Crippen molar-refractivity contribution >= 4 is 12.0 Å². The Bertz CT molecular complexity index is 209. The molecule has 0 fully saturated rings. The summed E-state index contributed by atoms with van der Waals surface area (Å²) in [5.41, 5.74) is 0. The maximum absolute atomic E-state index is 11.1. The number of hydrogen-bond acceptors (Lipinski definition) is 3. The molecule has 6 heteroatoms. The standard InChI is InChI=1S/C10H20N2O4/c1-16-8-4-2-3-6-11-10(15)12-7-5-9(13)14/h2-8H2,1H3,(H,13,14)(H2,11,12,15). The highest BCUT2D eigenvalue weighted by molar-refractivity contribution is 5.74. The van der Waals surface area contributed by atoms with Crippen LogP contribution in [0.3, 0.4) is 0 Å². The van der Waals surface area contributed by atoms with Gasteiger partial charge in [-0.15, -0.1) is 0 Å². The second-order valence-corrected chi connectivity index (χ2v) is 3.38. The minimum absolute atomic E-state index is 0.0543. The van der Waals surface area contributed by atoms with Crippen LogP contribution in [-0.4, -0.2) is 43.9 Å². The minimum atomic E-state index is -0.917. The van der Waals surface area contributed by atoms with Gasteiger partial charge in [0, 0.05) is 26.8 Å². The van der Waals surface area contributed by atoms with Gasteiger partial charge >= 0.3 is 12.0 Å². The van der Waals surface area contributed by atoms with Crippen molar-refractivity contribution in [3.8, 4) is 0 Å². The molecule has 0 unspecified atom stereocenters. The van der Waals surface area contributed by atoms with Crippen LogP contribution in [0.4, 0.5) is 4.79 Å². The molecule has 6 nitrogen and oxygen atoms in total. The lowest BCUT2D eigenvalue weighted by molar-refractivity contribution is -0.136. The summed E-state index contributed by atoms with van der Waals surface area (Å²) in [6.07, 6.45) is 2.83. The summed E-state index contributed by atoms with van der Waals surface area (Å²) in [4.78, 5) is 21.2. The number of carboxylic acids is 1. The molecule has 0 radical (unpaired) electrons. The van der Waals surface area contributed by atoms with Crippen molar-refractivity contribution in [2.75, 3.05) is 26.8 Å². The van der Waals surface area contributed by atoms with Crippen molar-refractivity contribution in [1.29, 1.82) is 0 Å². The average molecular weight is 232 g/mol. The minimum Gasteiger partial charge on any atom is -0.481 e. The van der Waals surface area contributed by atoms with Gasteiger partial charge in [-0.3, -0.25) is 4.79 Å². The zero-order chi connectivity index (χ0) is 12.2. The fourth-order valence-corrected chi connectivity index (χ4v) is 1.10. The fourth-order valence-electron chi connectivity index (χ4n) is 1.10. The largest absolute Gasteiger partial charge is 0.481 e. The van der Waals surface area contributed by atoms with E-state index in [0.29, 0.717) is 6.54 Å². The smallest absolute Gasteiger partial charge is 0.314 e. The van der Waals surface area contributed by atoms with Gasteiger partial charge in [0.25, 0.3) is 0 Å². The highest BCUT2D eigenvalue weighted by atomic mass is 16.5. The van der Waals surface area contributed by atoms with Gasteiger partial charge in [-0.05, 0) is 19.3 Å². The first kappa shape index (κ1) is 14.7. The Balaban J connectivity index is 3.20. The number of carboxylic acid groups (broad SMARTS) is 1. The predicted molar refractivity (Wildman–Crippen MR) is 59.4 cm³/mol. The van der Waals surface area contributed by atoms with Crippen molar-refractivity contribution in [3.05, 3.63) is 0 Å². The highest BCUT2D eigenvalue weighted by Crippen LogP contribution is 1.93. The Morgan fingerprint density at radius 1 is 1.12 bits per heavy atom. The predicted octanol–water partition coefficient (Wildman–Crippen LogP) is 0.577. The molecule has 16 heavy (non-hydrogen) atoms. The van der Waals surface area contributed by atoms with Crippen molar-refractivity contribution in [2.24, 2.45) is 0 Å². The number of amides is 2. The van der Waals surface area contributed by atoms with Crippen LogP contribution >= 0.6 is 0 Å². The van der Waals surface area contributed by atoms with Gasteiger partial charge in [-0.25, -0.2) is 4.79 Å². The summed E-state index contributed by atoms with van der Waals surface area (Å²) in [5, 5.41) is 13.4. The molecule has 0 rings (SSSR count). The molecule has 0 bridgehead atoms. The number of aliphatic carboxylic acids is 1. The summed E-state index contributed by atoms with van der Waals surface area (Å²) in [6, 6.07) is -0.312. The molecule has 0 aliphatic heterocycles. The third kappa shape index (κ3) is 10.8. The van der Waals surface area contributed by atoms with Crippen molar-refractivity contribution in [2.45, 2.75) is 25.7 Å². The van der Waals surface area contributed by atoms with Crippen LogP contribution in [0.2, 0.25) is 0 Å². The fraction of sp³-hybridized carbons (Fsp3) is 0.800. The molecule has 0 aromatic rings. The number of ether oxygens (including phenoxy) is 1. The van der Waals surface area contributed by atoms with Crippen molar-refractivity contribution in [1.82, 2.24) is 10.6 Å². The lowest BCUT2D eigenvalue weighted by Crippen LogP contribution is -2.37. The van der Waals surface area contributed by atoms with Crippen molar-refractivity contribution in [3.63, 3.8) is 0 Å². The van der Waals surface area contributed by atoms with Gasteiger partial charge in [-0.1, -0.05) is 0 Å². The third-order valence-electron chi connectivity index (χ3n) is 1.94. The van der Waals surface area contributed by atoms with Crippen LogP contribution in [0.5, 0.6) is 0 Å². The molecule has 0 aliphatic rings. The molecule has 0 spiro atoms. The zero-order valence-electron chi connectivity index (χ0n) is 9.62. The first-order chi connectivity index (χ1) is 7.66. The number of rotatable bonds is 9. The lowest BCUT2D eigenvalue weighted by Gasteiger charge is -2.06. The van der Waals surface area contributed by atoms with E-state index in [0.717, 1.165) is 25.9 Å². The molecule has 94 valence electrons. The Hall–Kier alpha value is -1.30. The van der Waals surface area contributed by atoms with E-state index in [2.05, 4.69) is 10.6 Å². The molecule has 2 amide bonds. The molecule has 0 aliphatic carbocycles. The normalized spacial score (nSPS) is 9.81. The molecule has 0 saturated carbocycles. The van der Waals surface area contributed by atoms with E-state index >= 15 is 0 Å². The summed E-state index contributed by atoms with van der Waals surface area (Å²) in [7, 11) is 1.66. The van der Waals surface area contributed by atoms with E-state index < -0.39 is 5.97 Å². The first-order valence-corrected chi connectivity index (χ1v) is 5.39. The van der Waals surface area contributed by atoms with Gasteiger partial charge in [0.05, 0.1) is 6.42 Å². The van der Waals surface area contributed by atoms with Crippen LogP contribution in [0, 0.1) is 0 Å². The SMILES string of the molecule is COCCCCCNC(=O)NCCC(=O)O. The van der Waals surface area contributed by atoms with Crippen LogP contribution in [0.1, 0.15) is 25.7 Å². The van der Waals surface area contributed by atoms with E-state index in [9.17, 15) is 9.59 Å². The van der Waals surface area contributed by atoms with Gasteiger partial charge in [0.1, 0.15) is 0 Å². The second kappa shape index (κ2) is 10.2. The van der Waals surface area contributed by atoms with Gasteiger partial charge < -0.3 is 20.5 Å². The maximum Gasteiger partial charge on any atom is 0.314 e. The van der Waals surface area contributed by atoms with E-state index in [-0.39, 0.29) is 19.0 Å². The first-order valence-electron chi connectivity index (χ1n) is 5.39. The number of urea groups is 1. The molecule has 0 aromatic heterocycles. The number of nitrogens with one attached hydrogen (secondary N) is 2. The number of unbranched alkanes of at least 4 members (excludes halogenated alkanes) is 2. The third-order valence-corrected chi connectivity index (χ3v) is 1.94. The summed E-state index contributed by atoms with van der Waals surface area (Å²) in [6.45, 7) is 1.50. The molecule has 0 saturated heterocycles. The molecular formula is C10H20N2O4. The number of methoxy groups -OCH3 is 1. The number of carbonyl (C=O) groups excluding carboxylic acids is 1. The monoisotopic (exact) mass is 232 g/mol. The van der Waals surface area contributed by atoms with E-state index in [1.807, 2.05) is 0 Å². The molecule has 3 N–H and O–H groups in total. The summed E-state index contributed by atoms with van der Waals surface area (Å²) in [5.74, 6) is -0.917. The topological polar surface area (TPSA) is 87.7 Å². The number of hydrogen-bond donors (Lipinski definition) is 3. The highest BCUT2D eigenvalue weighted by Gasteiger charge is 2.00. The van der Waals surface area contributed by atoms with Crippen LogP contribution in [0.15, 0.2) is 0 Å². The Morgan fingerprint density at radius 2 is 1.81 bits per heavy atom. The molecular weight excluding hydrogens is 212 g/mol. The molecule has 0 aromatic carbocycles.